The maximum Gasteiger partial charge on any atom is 0.0448 e. The van der Waals surface area contributed by atoms with Crippen LogP contribution in [0.15, 0.2) is 24.5 Å². The average Bonchev–Trinajstić information content (AvgIpc) is 2.59. The van der Waals surface area contributed by atoms with E-state index in [9.17, 15) is 0 Å². The van der Waals surface area contributed by atoms with Gasteiger partial charge in [0.25, 0.3) is 0 Å². The fourth-order valence-corrected chi connectivity index (χ4v) is 2.32. The van der Waals surface area contributed by atoms with E-state index in [2.05, 4.69) is 22.0 Å². The molecule has 0 radical (unpaired) electrons. The Bertz CT molecular complexity index is 232. The summed E-state index contributed by atoms with van der Waals surface area (Å²) in [7, 11) is 0. The second-order valence-corrected chi connectivity index (χ2v) is 4.02. The number of hydrogen-bond acceptors (Lipinski definition) is 3. The Hall–Kier alpha value is -0.540. The first kappa shape index (κ1) is 8.08. The van der Waals surface area contributed by atoms with E-state index in [1.807, 2.05) is 24.2 Å². The van der Waals surface area contributed by atoms with Crippen molar-refractivity contribution in [3.63, 3.8) is 0 Å². The smallest absolute Gasteiger partial charge is 0.0448 e. The number of pyridine rings is 1. The molecule has 0 unspecified atom stereocenters. The second-order valence-electron chi connectivity index (χ2n) is 2.95. The Kier molecular flexibility index (Phi) is 2.64. The lowest BCUT2D eigenvalue weighted by molar-refractivity contribution is 0.349. The number of nitrogens with zero attached hydrogens (tertiary/aromatic N) is 2. The van der Waals surface area contributed by atoms with Crippen LogP contribution in [0.4, 0.5) is 0 Å². The van der Waals surface area contributed by atoms with Crippen LogP contribution >= 0.6 is 11.8 Å². The summed E-state index contributed by atoms with van der Waals surface area (Å²) in [5, 5.41) is 0. The van der Waals surface area contributed by atoms with Gasteiger partial charge in [-0.25, -0.2) is 0 Å². The minimum Gasteiger partial charge on any atom is -0.289 e. The first-order valence-electron chi connectivity index (χ1n) is 4.14. The van der Waals surface area contributed by atoms with Crippen molar-refractivity contribution < 1.29 is 0 Å². The number of rotatable bonds is 2. The molecule has 0 saturated carbocycles. The molecule has 3 heteroatoms. The van der Waals surface area contributed by atoms with Crippen molar-refractivity contribution in [2.75, 3.05) is 18.2 Å². The second kappa shape index (κ2) is 3.92. The molecule has 2 nitrogen and oxygen atoms in total. The summed E-state index contributed by atoms with van der Waals surface area (Å²) in [5.41, 5.74) is 1.37. The molecule has 12 heavy (non-hydrogen) atoms. The quantitative estimate of drug-likeness (QED) is 0.687. The maximum atomic E-state index is 4.00. The third-order valence-electron chi connectivity index (χ3n) is 1.98. The van der Waals surface area contributed by atoms with E-state index in [4.69, 9.17) is 0 Å². The molecule has 0 atom stereocenters. The molecule has 0 bridgehead atoms. The number of thioether (sulfide) groups is 1. The molecule has 0 aliphatic carbocycles. The molecule has 0 amide bonds. The fraction of sp³-hybridized carbons (Fsp3) is 0.444. The standard InChI is InChI=1S/C9H12N2S/c1-3-10-4-2-9(1)7-11-5-6-12-8-11/h1-4H,5-8H2. The van der Waals surface area contributed by atoms with Crippen LogP contribution in [0.3, 0.4) is 0 Å². The third kappa shape index (κ3) is 1.99. The zero-order chi connectivity index (χ0) is 8.23. The molecular weight excluding hydrogens is 168 g/mol. The van der Waals surface area contributed by atoms with E-state index >= 15 is 0 Å². The molecule has 1 saturated heterocycles. The summed E-state index contributed by atoms with van der Waals surface area (Å²) in [6.45, 7) is 2.31. The molecular formula is C9H12N2S. The first-order valence-corrected chi connectivity index (χ1v) is 5.29. The Morgan fingerprint density at radius 1 is 1.42 bits per heavy atom. The van der Waals surface area contributed by atoms with Crippen molar-refractivity contribution in [1.29, 1.82) is 0 Å². The van der Waals surface area contributed by atoms with E-state index in [1.54, 1.807) is 0 Å². The van der Waals surface area contributed by atoms with Gasteiger partial charge in [0, 0.05) is 37.1 Å². The van der Waals surface area contributed by atoms with Gasteiger partial charge in [-0.2, -0.15) is 0 Å². The normalized spacial score (nSPS) is 18.3. The summed E-state index contributed by atoms with van der Waals surface area (Å²) >= 11 is 2.01. The predicted molar refractivity (Wildman–Crippen MR) is 52.0 cm³/mol. The molecule has 0 spiro atoms. The van der Waals surface area contributed by atoms with Crippen molar-refractivity contribution in [3.8, 4) is 0 Å². The summed E-state index contributed by atoms with van der Waals surface area (Å²) in [6, 6.07) is 4.17. The van der Waals surface area contributed by atoms with Crippen molar-refractivity contribution in [1.82, 2.24) is 9.88 Å². The van der Waals surface area contributed by atoms with Gasteiger partial charge in [-0.1, -0.05) is 0 Å². The highest BCUT2D eigenvalue weighted by molar-refractivity contribution is 7.99. The Balaban J connectivity index is 1.94. The van der Waals surface area contributed by atoms with Crippen molar-refractivity contribution in [2.45, 2.75) is 6.54 Å². The van der Waals surface area contributed by atoms with Crippen LogP contribution in [0, 0.1) is 0 Å². The van der Waals surface area contributed by atoms with Gasteiger partial charge in [-0.05, 0) is 17.7 Å². The lowest BCUT2D eigenvalue weighted by Gasteiger charge is -2.12. The van der Waals surface area contributed by atoms with Crippen LogP contribution in [0.1, 0.15) is 5.56 Å². The number of hydrogen-bond donors (Lipinski definition) is 0. The molecule has 64 valence electrons. The van der Waals surface area contributed by atoms with Gasteiger partial charge in [-0.3, -0.25) is 9.88 Å². The summed E-state index contributed by atoms with van der Waals surface area (Å²) in [5.74, 6) is 2.47. The number of aromatic nitrogens is 1. The largest absolute Gasteiger partial charge is 0.289 e. The molecule has 0 aromatic carbocycles. The minimum absolute atomic E-state index is 1.08. The van der Waals surface area contributed by atoms with Crippen LogP contribution in [-0.4, -0.2) is 28.1 Å². The van der Waals surface area contributed by atoms with Gasteiger partial charge in [0.15, 0.2) is 0 Å². The molecule has 0 N–H and O–H groups in total. The molecule has 1 aliphatic rings. The Morgan fingerprint density at radius 3 is 2.92 bits per heavy atom. The van der Waals surface area contributed by atoms with Crippen molar-refractivity contribution in [3.05, 3.63) is 30.1 Å². The van der Waals surface area contributed by atoms with Crippen LogP contribution in [0.2, 0.25) is 0 Å². The van der Waals surface area contributed by atoms with Gasteiger partial charge < -0.3 is 0 Å². The zero-order valence-electron chi connectivity index (χ0n) is 6.94. The highest BCUT2D eigenvalue weighted by Crippen LogP contribution is 2.15. The summed E-state index contributed by atoms with van der Waals surface area (Å²) in [6.07, 6.45) is 3.72. The van der Waals surface area contributed by atoms with E-state index < -0.39 is 0 Å². The van der Waals surface area contributed by atoms with Crippen molar-refractivity contribution >= 4 is 11.8 Å². The Morgan fingerprint density at radius 2 is 2.25 bits per heavy atom. The van der Waals surface area contributed by atoms with Crippen LogP contribution in [0.5, 0.6) is 0 Å². The summed E-state index contributed by atoms with van der Waals surface area (Å²) < 4.78 is 0. The molecule has 1 aromatic rings. The monoisotopic (exact) mass is 180 g/mol. The third-order valence-corrected chi connectivity index (χ3v) is 3.00. The van der Waals surface area contributed by atoms with Gasteiger partial charge in [0.2, 0.25) is 0 Å². The fourth-order valence-electron chi connectivity index (χ4n) is 1.32. The van der Waals surface area contributed by atoms with E-state index in [1.165, 1.54) is 23.7 Å². The van der Waals surface area contributed by atoms with Gasteiger partial charge in [0.1, 0.15) is 0 Å². The highest BCUT2D eigenvalue weighted by atomic mass is 32.2. The minimum atomic E-state index is 1.08. The van der Waals surface area contributed by atoms with Gasteiger partial charge in [-0.15, -0.1) is 11.8 Å². The highest BCUT2D eigenvalue weighted by Gasteiger charge is 2.11. The SMILES string of the molecule is c1cc(CN2CCSC2)ccn1. The maximum absolute atomic E-state index is 4.00. The van der Waals surface area contributed by atoms with Crippen LogP contribution in [-0.2, 0) is 6.54 Å². The first-order chi connectivity index (χ1) is 5.95. The van der Waals surface area contributed by atoms with Crippen LogP contribution < -0.4 is 0 Å². The van der Waals surface area contributed by atoms with Crippen molar-refractivity contribution in [2.24, 2.45) is 0 Å². The molecule has 1 aliphatic heterocycles. The summed E-state index contributed by atoms with van der Waals surface area (Å²) in [4.78, 5) is 6.45. The van der Waals surface area contributed by atoms with Gasteiger partial charge in [0.05, 0.1) is 0 Å². The lowest BCUT2D eigenvalue weighted by atomic mass is 10.2. The average molecular weight is 180 g/mol. The van der Waals surface area contributed by atoms with E-state index in [0.717, 1.165) is 6.54 Å². The molecule has 2 rings (SSSR count). The van der Waals surface area contributed by atoms with Crippen LogP contribution in [0.25, 0.3) is 0 Å². The Labute approximate surface area is 77.0 Å². The van der Waals surface area contributed by atoms with Gasteiger partial charge >= 0.3 is 0 Å². The zero-order valence-corrected chi connectivity index (χ0v) is 7.76. The van der Waals surface area contributed by atoms with E-state index in [-0.39, 0.29) is 0 Å². The molecule has 2 heterocycles. The predicted octanol–water partition coefficient (Wildman–Crippen LogP) is 1.59. The van der Waals surface area contributed by atoms with E-state index in [0.29, 0.717) is 0 Å². The molecule has 1 aromatic heterocycles. The topological polar surface area (TPSA) is 16.1 Å². The lowest BCUT2D eigenvalue weighted by Crippen LogP contribution is -2.18. The molecule has 1 fully saturated rings.